The summed E-state index contributed by atoms with van der Waals surface area (Å²) >= 11 is 0. The van der Waals surface area contributed by atoms with Gasteiger partial charge in [-0.15, -0.1) is 0 Å². The molecule has 3 aromatic rings. The summed E-state index contributed by atoms with van der Waals surface area (Å²) in [4.78, 5) is 8.19. The average Bonchev–Trinajstić information content (AvgIpc) is 2.97. The second-order valence-corrected chi connectivity index (χ2v) is 4.04. The van der Waals surface area contributed by atoms with Gasteiger partial charge in [0.25, 0.3) is 5.89 Å². The Morgan fingerprint density at radius 2 is 1.95 bits per heavy atom. The molecule has 0 bridgehead atoms. The third-order valence-corrected chi connectivity index (χ3v) is 2.80. The minimum absolute atomic E-state index is 0.0225. The van der Waals surface area contributed by atoms with Gasteiger partial charge in [0, 0.05) is 24.0 Å². The number of benzene rings is 1. The number of ether oxygens (including phenoxy) is 1. The molecule has 0 radical (unpaired) electrons. The Bertz CT molecular complexity index is 726. The SMILES string of the molecule is COc1ccc(-c2nc(-c3ccncc3)no2)c(O)c1. The van der Waals surface area contributed by atoms with Gasteiger partial charge in [-0.25, -0.2) is 0 Å². The molecule has 1 aromatic carbocycles. The summed E-state index contributed by atoms with van der Waals surface area (Å²) in [5.74, 6) is 1.27. The molecule has 0 spiro atoms. The van der Waals surface area contributed by atoms with E-state index in [1.807, 2.05) is 0 Å². The van der Waals surface area contributed by atoms with Crippen LogP contribution in [0.2, 0.25) is 0 Å². The summed E-state index contributed by atoms with van der Waals surface area (Å²) in [5, 5.41) is 13.8. The zero-order chi connectivity index (χ0) is 13.9. The molecule has 3 rings (SSSR count). The fourth-order valence-corrected chi connectivity index (χ4v) is 1.77. The van der Waals surface area contributed by atoms with Crippen LogP contribution in [-0.2, 0) is 0 Å². The Labute approximate surface area is 114 Å². The first-order chi connectivity index (χ1) is 9.78. The number of phenols is 1. The van der Waals surface area contributed by atoms with Gasteiger partial charge in [-0.1, -0.05) is 5.16 Å². The van der Waals surface area contributed by atoms with Crippen molar-refractivity contribution in [1.29, 1.82) is 0 Å². The van der Waals surface area contributed by atoms with Crippen LogP contribution >= 0.6 is 0 Å². The quantitative estimate of drug-likeness (QED) is 0.786. The number of rotatable bonds is 3. The van der Waals surface area contributed by atoms with Gasteiger partial charge in [-0.05, 0) is 24.3 Å². The standard InChI is InChI=1S/C14H11N3O3/c1-19-10-2-3-11(12(18)8-10)14-16-13(17-20-14)9-4-6-15-7-5-9/h2-8,18H,1H3. The zero-order valence-corrected chi connectivity index (χ0v) is 10.6. The predicted octanol–water partition coefficient (Wildman–Crippen LogP) is 2.51. The molecule has 0 saturated heterocycles. The molecular formula is C14H11N3O3. The van der Waals surface area contributed by atoms with Crippen molar-refractivity contribution in [2.75, 3.05) is 7.11 Å². The van der Waals surface area contributed by atoms with Crippen molar-refractivity contribution in [1.82, 2.24) is 15.1 Å². The number of pyridine rings is 1. The maximum atomic E-state index is 9.94. The van der Waals surface area contributed by atoms with Crippen molar-refractivity contribution in [3.8, 4) is 34.3 Å². The van der Waals surface area contributed by atoms with E-state index >= 15 is 0 Å². The van der Waals surface area contributed by atoms with E-state index in [-0.39, 0.29) is 11.6 Å². The Morgan fingerprint density at radius 1 is 1.15 bits per heavy atom. The smallest absolute Gasteiger partial charge is 0.262 e. The van der Waals surface area contributed by atoms with E-state index in [0.29, 0.717) is 17.1 Å². The second-order valence-electron chi connectivity index (χ2n) is 4.04. The van der Waals surface area contributed by atoms with E-state index in [9.17, 15) is 5.11 Å². The molecule has 0 aliphatic heterocycles. The first-order valence-electron chi connectivity index (χ1n) is 5.89. The Balaban J connectivity index is 1.98. The summed E-state index contributed by atoms with van der Waals surface area (Å²) in [7, 11) is 1.53. The van der Waals surface area contributed by atoms with Gasteiger partial charge in [0.05, 0.1) is 12.7 Å². The Hall–Kier alpha value is -2.89. The van der Waals surface area contributed by atoms with Crippen LogP contribution in [0, 0.1) is 0 Å². The molecule has 1 N–H and O–H groups in total. The molecule has 0 aliphatic carbocycles. The molecule has 0 saturated carbocycles. The number of aromatic hydroxyl groups is 1. The maximum absolute atomic E-state index is 9.94. The van der Waals surface area contributed by atoms with Crippen LogP contribution in [0.4, 0.5) is 0 Å². The van der Waals surface area contributed by atoms with Crippen molar-refractivity contribution in [2.45, 2.75) is 0 Å². The van der Waals surface area contributed by atoms with Crippen molar-refractivity contribution < 1.29 is 14.4 Å². The number of methoxy groups -OCH3 is 1. The summed E-state index contributed by atoms with van der Waals surface area (Å²) in [5.41, 5.74) is 1.25. The van der Waals surface area contributed by atoms with Crippen LogP contribution in [0.3, 0.4) is 0 Å². The largest absolute Gasteiger partial charge is 0.507 e. The average molecular weight is 269 g/mol. The van der Waals surface area contributed by atoms with E-state index in [0.717, 1.165) is 5.56 Å². The van der Waals surface area contributed by atoms with E-state index < -0.39 is 0 Å². The molecule has 0 fully saturated rings. The number of phenolic OH excluding ortho intramolecular Hbond substituents is 1. The van der Waals surface area contributed by atoms with Crippen LogP contribution in [-0.4, -0.2) is 27.3 Å². The molecule has 2 aromatic heterocycles. The molecule has 0 amide bonds. The van der Waals surface area contributed by atoms with Crippen molar-refractivity contribution in [3.05, 3.63) is 42.7 Å². The van der Waals surface area contributed by atoms with Gasteiger partial charge in [0.15, 0.2) is 0 Å². The highest BCUT2D eigenvalue weighted by atomic mass is 16.5. The molecule has 20 heavy (non-hydrogen) atoms. The Kier molecular flexibility index (Phi) is 3.04. The zero-order valence-electron chi connectivity index (χ0n) is 10.6. The lowest BCUT2D eigenvalue weighted by Gasteiger charge is -2.02. The fourth-order valence-electron chi connectivity index (χ4n) is 1.77. The molecule has 100 valence electrons. The van der Waals surface area contributed by atoms with Crippen LogP contribution in [0.1, 0.15) is 0 Å². The number of aromatic nitrogens is 3. The third-order valence-electron chi connectivity index (χ3n) is 2.80. The summed E-state index contributed by atoms with van der Waals surface area (Å²) < 4.78 is 10.2. The van der Waals surface area contributed by atoms with Gasteiger partial charge >= 0.3 is 0 Å². The molecule has 6 nitrogen and oxygen atoms in total. The molecule has 2 heterocycles. The minimum Gasteiger partial charge on any atom is -0.507 e. The Morgan fingerprint density at radius 3 is 2.65 bits per heavy atom. The number of hydrogen-bond acceptors (Lipinski definition) is 6. The highest BCUT2D eigenvalue weighted by Crippen LogP contribution is 2.32. The molecule has 0 atom stereocenters. The number of nitrogens with zero attached hydrogens (tertiary/aromatic N) is 3. The van der Waals surface area contributed by atoms with E-state index in [4.69, 9.17) is 9.26 Å². The highest BCUT2D eigenvalue weighted by Gasteiger charge is 2.14. The summed E-state index contributed by atoms with van der Waals surface area (Å²) in [6, 6.07) is 8.43. The van der Waals surface area contributed by atoms with Crippen LogP contribution < -0.4 is 4.74 Å². The van der Waals surface area contributed by atoms with Gasteiger partial charge in [0.2, 0.25) is 5.82 Å². The van der Waals surface area contributed by atoms with Crippen molar-refractivity contribution in [3.63, 3.8) is 0 Å². The van der Waals surface area contributed by atoms with Crippen LogP contribution in [0.25, 0.3) is 22.8 Å². The molecular weight excluding hydrogens is 258 g/mol. The van der Waals surface area contributed by atoms with E-state index in [1.54, 1.807) is 36.7 Å². The fraction of sp³-hybridized carbons (Fsp3) is 0.0714. The second kappa shape index (κ2) is 5.00. The van der Waals surface area contributed by atoms with Gasteiger partial charge in [-0.2, -0.15) is 4.98 Å². The van der Waals surface area contributed by atoms with Gasteiger partial charge in [-0.3, -0.25) is 4.98 Å². The lowest BCUT2D eigenvalue weighted by molar-refractivity contribution is 0.405. The van der Waals surface area contributed by atoms with Crippen LogP contribution in [0.5, 0.6) is 11.5 Å². The van der Waals surface area contributed by atoms with E-state index in [1.165, 1.54) is 13.2 Å². The first kappa shape index (κ1) is 12.2. The minimum atomic E-state index is 0.0225. The number of hydrogen-bond donors (Lipinski definition) is 1. The predicted molar refractivity (Wildman–Crippen MR) is 71.2 cm³/mol. The molecule has 0 unspecified atom stereocenters. The van der Waals surface area contributed by atoms with Crippen molar-refractivity contribution in [2.24, 2.45) is 0 Å². The van der Waals surface area contributed by atoms with E-state index in [2.05, 4.69) is 15.1 Å². The van der Waals surface area contributed by atoms with Gasteiger partial charge in [0.1, 0.15) is 11.5 Å². The molecule has 6 heteroatoms. The first-order valence-corrected chi connectivity index (χ1v) is 5.89. The van der Waals surface area contributed by atoms with Crippen molar-refractivity contribution >= 4 is 0 Å². The van der Waals surface area contributed by atoms with Gasteiger partial charge < -0.3 is 14.4 Å². The summed E-state index contributed by atoms with van der Waals surface area (Å²) in [6.45, 7) is 0. The third kappa shape index (κ3) is 2.18. The molecule has 0 aliphatic rings. The lowest BCUT2D eigenvalue weighted by Crippen LogP contribution is -1.85. The summed E-state index contributed by atoms with van der Waals surface area (Å²) in [6.07, 6.45) is 3.30. The maximum Gasteiger partial charge on any atom is 0.262 e. The topological polar surface area (TPSA) is 81.3 Å². The van der Waals surface area contributed by atoms with Crippen LogP contribution in [0.15, 0.2) is 47.2 Å². The lowest BCUT2D eigenvalue weighted by atomic mass is 10.2. The monoisotopic (exact) mass is 269 g/mol. The highest BCUT2D eigenvalue weighted by molar-refractivity contribution is 5.66. The normalized spacial score (nSPS) is 10.4.